The van der Waals surface area contributed by atoms with Crippen LogP contribution in [0.4, 0.5) is 4.39 Å². The molecule has 1 amide bonds. The normalized spacial score (nSPS) is 10.6. The fraction of sp³-hybridized carbons (Fsp3) is 0. The smallest absolute Gasteiger partial charge is 0.267 e. The van der Waals surface area contributed by atoms with E-state index in [9.17, 15) is 9.18 Å². The summed E-state index contributed by atoms with van der Waals surface area (Å²) in [6.07, 6.45) is 1.45. The lowest BCUT2D eigenvalue weighted by Gasteiger charge is -2.00. The molecule has 0 aromatic heterocycles. The standard InChI is InChI=1S/C14H10ClFN2O/c15-11-7-5-10(6-8-11)9-17-18-14(19)12-3-1-2-4-13(12)16/h1-9H,(H,18,19)/b17-9-. The summed E-state index contributed by atoms with van der Waals surface area (Å²) in [6, 6.07) is 12.6. The molecule has 0 atom stereocenters. The number of hydrogen-bond donors (Lipinski definition) is 1. The first kappa shape index (κ1) is 13.2. The highest BCUT2D eigenvalue weighted by Crippen LogP contribution is 2.08. The minimum atomic E-state index is -0.594. The number of benzene rings is 2. The second-order valence-corrected chi connectivity index (χ2v) is 4.17. The van der Waals surface area contributed by atoms with Gasteiger partial charge in [-0.3, -0.25) is 4.79 Å². The molecule has 5 heteroatoms. The molecule has 0 saturated carbocycles. The van der Waals surface area contributed by atoms with Crippen molar-refractivity contribution in [2.24, 2.45) is 5.10 Å². The molecule has 0 aliphatic carbocycles. The van der Waals surface area contributed by atoms with Gasteiger partial charge < -0.3 is 0 Å². The van der Waals surface area contributed by atoms with Crippen molar-refractivity contribution in [2.75, 3.05) is 0 Å². The van der Waals surface area contributed by atoms with Crippen LogP contribution >= 0.6 is 11.6 Å². The zero-order chi connectivity index (χ0) is 13.7. The molecule has 0 fully saturated rings. The van der Waals surface area contributed by atoms with Crippen LogP contribution in [0.25, 0.3) is 0 Å². The van der Waals surface area contributed by atoms with Crippen molar-refractivity contribution in [2.45, 2.75) is 0 Å². The summed E-state index contributed by atoms with van der Waals surface area (Å²) in [5.41, 5.74) is 2.99. The Morgan fingerprint density at radius 3 is 2.53 bits per heavy atom. The first-order chi connectivity index (χ1) is 9.16. The Bertz CT molecular complexity index is 611. The average molecular weight is 277 g/mol. The molecule has 2 aromatic carbocycles. The van der Waals surface area contributed by atoms with E-state index in [4.69, 9.17) is 11.6 Å². The molecule has 0 saturated heterocycles. The molecule has 0 radical (unpaired) electrons. The number of amides is 1. The van der Waals surface area contributed by atoms with Gasteiger partial charge in [0.25, 0.3) is 5.91 Å². The second kappa shape index (κ2) is 6.11. The van der Waals surface area contributed by atoms with E-state index in [1.807, 2.05) is 0 Å². The van der Waals surface area contributed by atoms with Crippen LogP contribution in [-0.4, -0.2) is 12.1 Å². The van der Waals surface area contributed by atoms with Gasteiger partial charge in [0.15, 0.2) is 0 Å². The van der Waals surface area contributed by atoms with Crippen molar-refractivity contribution in [1.82, 2.24) is 5.43 Å². The van der Waals surface area contributed by atoms with Gasteiger partial charge in [-0.1, -0.05) is 35.9 Å². The lowest BCUT2D eigenvalue weighted by molar-refractivity contribution is 0.0951. The Morgan fingerprint density at radius 1 is 1.16 bits per heavy atom. The molecule has 2 rings (SSSR count). The summed E-state index contributed by atoms with van der Waals surface area (Å²) >= 11 is 5.74. The average Bonchev–Trinajstić information content (AvgIpc) is 2.41. The van der Waals surface area contributed by atoms with Gasteiger partial charge in [-0.15, -0.1) is 0 Å². The largest absolute Gasteiger partial charge is 0.274 e. The second-order valence-electron chi connectivity index (χ2n) is 3.73. The Balaban J connectivity index is 2.01. The van der Waals surface area contributed by atoms with Gasteiger partial charge >= 0.3 is 0 Å². The SMILES string of the molecule is O=C(N/N=C\c1ccc(Cl)cc1)c1ccccc1F. The fourth-order valence-electron chi connectivity index (χ4n) is 1.42. The number of hydrazone groups is 1. The van der Waals surface area contributed by atoms with E-state index in [0.717, 1.165) is 5.56 Å². The van der Waals surface area contributed by atoms with Crippen LogP contribution in [0.5, 0.6) is 0 Å². The highest BCUT2D eigenvalue weighted by molar-refractivity contribution is 6.30. The number of halogens is 2. The molecule has 0 unspecified atom stereocenters. The van der Waals surface area contributed by atoms with Crippen molar-refractivity contribution in [3.63, 3.8) is 0 Å². The predicted octanol–water partition coefficient (Wildman–Crippen LogP) is 3.24. The van der Waals surface area contributed by atoms with Crippen LogP contribution in [0, 0.1) is 5.82 Å². The van der Waals surface area contributed by atoms with Crippen molar-refractivity contribution >= 4 is 23.7 Å². The Kier molecular flexibility index (Phi) is 4.26. The Hall–Kier alpha value is -2.20. The van der Waals surface area contributed by atoms with E-state index in [1.54, 1.807) is 30.3 Å². The van der Waals surface area contributed by atoms with Crippen molar-refractivity contribution in [1.29, 1.82) is 0 Å². The van der Waals surface area contributed by atoms with Crippen molar-refractivity contribution in [3.05, 3.63) is 70.5 Å². The minimum absolute atomic E-state index is 0.0456. The maximum atomic E-state index is 13.3. The third-order valence-corrected chi connectivity index (χ3v) is 2.62. The molecular weight excluding hydrogens is 267 g/mol. The summed E-state index contributed by atoms with van der Waals surface area (Å²) in [5, 5.41) is 4.37. The summed E-state index contributed by atoms with van der Waals surface area (Å²) < 4.78 is 13.3. The van der Waals surface area contributed by atoms with Crippen LogP contribution in [-0.2, 0) is 0 Å². The van der Waals surface area contributed by atoms with Gasteiger partial charge in [0.2, 0.25) is 0 Å². The lowest BCUT2D eigenvalue weighted by Crippen LogP contribution is -2.18. The molecule has 0 spiro atoms. The van der Waals surface area contributed by atoms with Gasteiger partial charge in [0, 0.05) is 5.02 Å². The number of carbonyl (C=O) groups is 1. The third-order valence-electron chi connectivity index (χ3n) is 2.37. The summed E-state index contributed by atoms with van der Waals surface area (Å²) in [7, 11) is 0. The Labute approximate surface area is 114 Å². The summed E-state index contributed by atoms with van der Waals surface area (Å²) in [6.45, 7) is 0. The molecule has 0 aliphatic rings. The molecule has 1 N–H and O–H groups in total. The van der Waals surface area contributed by atoms with Crippen LogP contribution in [0.1, 0.15) is 15.9 Å². The molecule has 0 aliphatic heterocycles. The van der Waals surface area contributed by atoms with Gasteiger partial charge in [0.05, 0.1) is 11.8 Å². The number of rotatable bonds is 3. The quantitative estimate of drug-likeness (QED) is 0.679. The first-order valence-corrected chi connectivity index (χ1v) is 5.88. The molecule has 19 heavy (non-hydrogen) atoms. The van der Waals surface area contributed by atoms with Gasteiger partial charge in [-0.2, -0.15) is 5.10 Å². The summed E-state index contributed by atoms with van der Waals surface area (Å²) in [5.74, 6) is -1.18. The number of nitrogens with one attached hydrogen (secondary N) is 1. The molecule has 2 aromatic rings. The van der Waals surface area contributed by atoms with E-state index in [2.05, 4.69) is 10.5 Å². The zero-order valence-electron chi connectivity index (χ0n) is 9.81. The maximum Gasteiger partial charge on any atom is 0.274 e. The van der Waals surface area contributed by atoms with E-state index in [-0.39, 0.29) is 5.56 Å². The maximum absolute atomic E-state index is 13.3. The van der Waals surface area contributed by atoms with Crippen LogP contribution < -0.4 is 5.43 Å². The zero-order valence-corrected chi connectivity index (χ0v) is 10.6. The highest BCUT2D eigenvalue weighted by Gasteiger charge is 2.08. The fourth-order valence-corrected chi connectivity index (χ4v) is 1.55. The van der Waals surface area contributed by atoms with E-state index >= 15 is 0 Å². The topological polar surface area (TPSA) is 41.5 Å². The molecule has 0 heterocycles. The van der Waals surface area contributed by atoms with Gasteiger partial charge in [-0.05, 0) is 29.8 Å². The van der Waals surface area contributed by atoms with Crippen molar-refractivity contribution < 1.29 is 9.18 Å². The monoisotopic (exact) mass is 276 g/mol. The number of carbonyl (C=O) groups excluding carboxylic acids is 1. The summed E-state index contributed by atoms with van der Waals surface area (Å²) in [4.78, 5) is 11.6. The number of hydrogen-bond acceptors (Lipinski definition) is 2. The first-order valence-electron chi connectivity index (χ1n) is 5.50. The van der Waals surface area contributed by atoms with Crippen LogP contribution in [0.3, 0.4) is 0 Å². The highest BCUT2D eigenvalue weighted by atomic mass is 35.5. The van der Waals surface area contributed by atoms with Gasteiger partial charge in [-0.25, -0.2) is 9.82 Å². The van der Waals surface area contributed by atoms with Gasteiger partial charge in [0.1, 0.15) is 5.82 Å². The lowest BCUT2D eigenvalue weighted by atomic mass is 10.2. The van der Waals surface area contributed by atoms with E-state index in [0.29, 0.717) is 5.02 Å². The third kappa shape index (κ3) is 3.63. The molecule has 3 nitrogen and oxygen atoms in total. The number of nitrogens with zero attached hydrogens (tertiary/aromatic N) is 1. The minimum Gasteiger partial charge on any atom is -0.267 e. The molecule has 0 bridgehead atoms. The Morgan fingerprint density at radius 2 is 1.84 bits per heavy atom. The van der Waals surface area contributed by atoms with E-state index in [1.165, 1.54) is 24.4 Å². The van der Waals surface area contributed by atoms with Crippen LogP contribution in [0.15, 0.2) is 53.6 Å². The molecular formula is C14H10ClFN2O. The van der Waals surface area contributed by atoms with Crippen molar-refractivity contribution in [3.8, 4) is 0 Å². The van der Waals surface area contributed by atoms with E-state index < -0.39 is 11.7 Å². The van der Waals surface area contributed by atoms with Crippen LogP contribution in [0.2, 0.25) is 5.02 Å². The predicted molar refractivity (Wildman–Crippen MR) is 72.9 cm³/mol. The molecule has 96 valence electrons.